The van der Waals surface area contributed by atoms with Crippen molar-refractivity contribution in [1.82, 2.24) is 15.3 Å². The van der Waals surface area contributed by atoms with E-state index in [1.165, 1.54) is 18.2 Å². The molecule has 10 heteroatoms. The number of anilines is 1. The van der Waals surface area contributed by atoms with E-state index in [1.807, 2.05) is 6.92 Å². The zero-order chi connectivity index (χ0) is 20.5. The Balaban J connectivity index is 2.25. The maximum atomic E-state index is 13.3. The van der Waals surface area contributed by atoms with Gasteiger partial charge in [-0.15, -0.1) is 0 Å². The first-order valence-electron chi connectivity index (χ1n) is 8.36. The van der Waals surface area contributed by atoms with E-state index >= 15 is 0 Å². The van der Waals surface area contributed by atoms with Crippen LogP contribution in [0.3, 0.4) is 0 Å². The van der Waals surface area contributed by atoms with E-state index in [-0.39, 0.29) is 32.4 Å². The maximum absolute atomic E-state index is 13.3. The average Bonchev–Trinajstić information content (AvgIpc) is 2.65. The van der Waals surface area contributed by atoms with E-state index in [1.54, 1.807) is 0 Å². The minimum atomic E-state index is -4.73. The second-order valence-electron chi connectivity index (χ2n) is 5.99. The van der Waals surface area contributed by atoms with Gasteiger partial charge in [-0.05, 0) is 6.42 Å². The van der Waals surface area contributed by atoms with Gasteiger partial charge in [-0.1, -0.05) is 25.1 Å². The molecule has 2 heterocycles. The minimum Gasteiger partial charge on any atom is -0.618 e. The third kappa shape index (κ3) is 3.40. The van der Waals surface area contributed by atoms with Crippen LogP contribution >= 0.6 is 0 Å². The molecule has 0 fully saturated rings. The molecule has 0 bridgehead atoms. The molecule has 146 valence electrons. The summed E-state index contributed by atoms with van der Waals surface area (Å²) in [7, 11) is 0. The number of aromatic nitrogens is 3. The summed E-state index contributed by atoms with van der Waals surface area (Å²) in [5, 5.41) is 15.4. The van der Waals surface area contributed by atoms with Gasteiger partial charge >= 0.3 is 17.8 Å². The predicted molar refractivity (Wildman–Crippen MR) is 96.0 cm³/mol. The van der Waals surface area contributed by atoms with Crippen LogP contribution < -0.4 is 15.8 Å². The molecule has 7 nitrogen and oxygen atoms in total. The van der Waals surface area contributed by atoms with Gasteiger partial charge in [0.2, 0.25) is 0 Å². The topological polar surface area (TPSA) is 108 Å². The number of rotatable bonds is 4. The quantitative estimate of drug-likeness (QED) is 0.525. The summed E-state index contributed by atoms with van der Waals surface area (Å²) in [6.45, 7) is 2.20. The van der Waals surface area contributed by atoms with Crippen LogP contribution in [0.2, 0.25) is 0 Å². The van der Waals surface area contributed by atoms with Gasteiger partial charge in [-0.2, -0.15) is 17.9 Å². The minimum absolute atomic E-state index is 0.0368. The Kier molecular flexibility index (Phi) is 5.04. The van der Waals surface area contributed by atoms with Crippen molar-refractivity contribution in [3.8, 4) is 11.3 Å². The van der Waals surface area contributed by atoms with Crippen molar-refractivity contribution >= 4 is 22.4 Å². The van der Waals surface area contributed by atoms with Crippen molar-refractivity contribution in [2.45, 2.75) is 19.5 Å². The fraction of sp³-hybridized carbons (Fsp3) is 0.222. The number of amides is 1. The molecule has 0 unspecified atom stereocenters. The van der Waals surface area contributed by atoms with Crippen LogP contribution in [0.25, 0.3) is 22.0 Å². The second kappa shape index (κ2) is 7.29. The lowest BCUT2D eigenvalue weighted by Crippen LogP contribution is -2.40. The Hall–Kier alpha value is -3.43. The zero-order valence-electron chi connectivity index (χ0n) is 14.7. The number of halogens is 3. The Morgan fingerprint density at radius 3 is 2.64 bits per heavy atom. The van der Waals surface area contributed by atoms with Crippen LogP contribution in [-0.2, 0) is 6.18 Å². The fourth-order valence-corrected chi connectivity index (χ4v) is 2.86. The molecule has 2 aromatic heterocycles. The molecule has 1 amide bonds. The molecular formula is C18H16F3N5O2. The molecule has 0 saturated carbocycles. The summed E-state index contributed by atoms with van der Waals surface area (Å²) < 4.78 is 40.3. The number of nitrogens with two attached hydrogens (primary N) is 1. The van der Waals surface area contributed by atoms with Crippen LogP contribution in [0.15, 0.2) is 36.8 Å². The van der Waals surface area contributed by atoms with E-state index in [2.05, 4.69) is 15.3 Å². The fourth-order valence-electron chi connectivity index (χ4n) is 2.86. The number of hydrogen-bond donors (Lipinski definition) is 2. The first-order valence-corrected chi connectivity index (χ1v) is 8.36. The first-order chi connectivity index (χ1) is 13.3. The normalized spacial score (nSPS) is 11.6. The summed E-state index contributed by atoms with van der Waals surface area (Å²) in [5.74, 6) is -0.655. The van der Waals surface area contributed by atoms with Gasteiger partial charge in [0, 0.05) is 29.9 Å². The van der Waals surface area contributed by atoms with Crippen LogP contribution in [0.1, 0.15) is 29.5 Å². The molecule has 0 spiro atoms. The molecule has 0 saturated heterocycles. The first kappa shape index (κ1) is 19.3. The van der Waals surface area contributed by atoms with Crippen LogP contribution in [0.5, 0.6) is 0 Å². The molecule has 3 aromatic rings. The highest BCUT2D eigenvalue weighted by molar-refractivity contribution is 6.07. The van der Waals surface area contributed by atoms with Gasteiger partial charge in [0.25, 0.3) is 0 Å². The molecule has 0 aliphatic heterocycles. The molecule has 3 N–H and O–H groups in total. The third-order valence-corrected chi connectivity index (χ3v) is 4.09. The smallest absolute Gasteiger partial charge is 0.435 e. The highest BCUT2D eigenvalue weighted by Crippen LogP contribution is 2.37. The molecular weight excluding hydrogens is 375 g/mol. The van der Waals surface area contributed by atoms with E-state index < -0.39 is 23.5 Å². The van der Waals surface area contributed by atoms with Crippen molar-refractivity contribution in [3.63, 3.8) is 0 Å². The monoisotopic (exact) mass is 391 g/mol. The maximum Gasteiger partial charge on any atom is 0.435 e. The van der Waals surface area contributed by atoms with Gasteiger partial charge in [0.05, 0.1) is 5.39 Å². The number of hydrogen-bond acceptors (Lipinski definition) is 5. The van der Waals surface area contributed by atoms with Gasteiger partial charge in [-0.25, -0.2) is 4.98 Å². The van der Waals surface area contributed by atoms with Crippen molar-refractivity contribution in [2.24, 2.45) is 0 Å². The number of nitrogen functional groups attached to an aromatic ring is 1. The Labute approximate surface area is 157 Å². The third-order valence-electron chi connectivity index (χ3n) is 4.09. The molecule has 0 aliphatic rings. The number of carbonyl (C=O) groups is 1. The number of nitrogens with one attached hydrogen (secondary N) is 1. The lowest BCUT2D eigenvalue weighted by molar-refractivity contribution is -0.605. The van der Waals surface area contributed by atoms with Crippen LogP contribution in [0.4, 0.5) is 18.9 Å². The molecule has 0 atom stereocenters. The van der Waals surface area contributed by atoms with Crippen LogP contribution in [-0.4, -0.2) is 22.4 Å². The highest BCUT2D eigenvalue weighted by Gasteiger charge is 2.37. The molecule has 28 heavy (non-hydrogen) atoms. The van der Waals surface area contributed by atoms with Crippen molar-refractivity contribution < 1.29 is 22.7 Å². The summed E-state index contributed by atoms with van der Waals surface area (Å²) in [4.78, 5) is 19.4. The van der Waals surface area contributed by atoms with Gasteiger partial charge in [-0.3, -0.25) is 9.78 Å². The molecule has 0 radical (unpaired) electrons. The Morgan fingerprint density at radius 1 is 1.25 bits per heavy atom. The summed E-state index contributed by atoms with van der Waals surface area (Å²) in [5.41, 5.74) is 4.02. The predicted octanol–water partition coefficient (Wildman–Crippen LogP) is 2.67. The summed E-state index contributed by atoms with van der Waals surface area (Å²) >= 11 is 0. The van der Waals surface area contributed by atoms with Crippen molar-refractivity contribution in [2.75, 3.05) is 12.3 Å². The zero-order valence-corrected chi connectivity index (χ0v) is 14.7. The van der Waals surface area contributed by atoms with E-state index in [0.717, 1.165) is 18.6 Å². The van der Waals surface area contributed by atoms with E-state index in [4.69, 9.17) is 5.73 Å². The highest BCUT2D eigenvalue weighted by atomic mass is 19.4. The number of pyridine rings is 1. The summed E-state index contributed by atoms with van der Waals surface area (Å²) in [6.07, 6.45) is -0.975. The lowest BCUT2D eigenvalue weighted by atomic mass is 10.00. The lowest BCUT2D eigenvalue weighted by Gasteiger charge is -2.14. The number of fused-ring (bicyclic) bond motifs is 1. The van der Waals surface area contributed by atoms with E-state index in [9.17, 15) is 23.2 Å². The van der Waals surface area contributed by atoms with Gasteiger partial charge in [0.15, 0.2) is 11.9 Å². The SMILES string of the molecule is CCCNC(=O)c1c(N)c2cccc(-c3nccnc3C(F)(F)F)c2c[n+]1[O-]. The molecule has 0 aliphatic carbocycles. The molecule has 3 rings (SSSR count). The number of nitrogens with zero attached hydrogens (tertiary/aromatic N) is 3. The number of carbonyl (C=O) groups excluding carboxylic acids is 1. The number of alkyl halides is 3. The average molecular weight is 391 g/mol. The van der Waals surface area contributed by atoms with Gasteiger partial charge < -0.3 is 16.3 Å². The van der Waals surface area contributed by atoms with E-state index in [0.29, 0.717) is 13.0 Å². The molecule has 1 aromatic carbocycles. The van der Waals surface area contributed by atoms with Crippen molar-refractivity contribution in [1.29, 1.82) is 0 Å². The van der Waals surface area contributed by atoms with Crippen LogP contribution in [0, 0.1) is 5.21 Å². The van der Waals surface area contributed by atoms with Crippen molar-refractivity contribution in [3.05, 3.63) is 53.4 Å². The Bertz CT molecular complexity index is 1050. The number of benzene rings is 1. The summed E-state index contributed by atoms with van der Waals surface area (Å²) in [6, 6.07) is 4.39. The largest absolute Gasteiger partial charge is 0.618 e. The second-order valence-corrected chi connectivity index (χ2v) is 5.99. The van der Waals surface area contributed by atoms with Gasteiger partial charge in [0.1, 0.15) is 11.4 Å². The Morgan fingerprint density at radius 2 is 1.96 bits per heavy atom. The standard InChI is InChI=1S/C18H16F3N5O2/c1-2-6-25-17(27)15-13(22)10-4-3-5-11(12(10)9-26(15)28)14-16(18(19,20)21)24-8-7-23-14/h3-5,7-9H,2,6,22H2,1H3,(H,25,27).